The Kier molecular flexibility index (Phi) is 4.11. The highest BCUT2D eigenvalue weighted by molar-refractivity contribution is 5.85. The monoisotopic (exact) mass is 327 g/mol. The van der Waals surface area contributed by atoms with Gasteiger partial charge in [-0.2, -0.15) is 0 Å². The van der Waals surface area contributed by atoms with Crippen LogP contribution >= 0.6 is 0 Å². The summed E-state index contributed by atoms with van der Waals surface area (Å²) >= 11 is 0. The van der Waals surface area contributed by atoms with E-state index in [4.69, 9.17) is 10.2 Å². The summed E-state index contributed by atoms with van der Waals surface area (Å²) in [4.78, 5) is 18.5. The van der Waals surface area contributed by atoms with Crippen molar-refractivity contribution in [1.29, 1.82) is 0 Å². The van der Waals surface area contributed by atoms with Crippen molar-refractivity contribution in [3.05, 3.63) is 47.7 Å². The number of carbonyl (C=O) groups excluding carboxylic acids is 1. The van der Waals surface area contributed by atoms with E-state index in [0.717, 1.165) is 17.0 Å². The van der Waals surface area contributed by atoms with Crippen LogP contribution in [-0.2, 0) is 16.8 Å². The van der Waals surface area contributed by atoms with Crippen LogP contribution in [0.15, 0.2) is 34.9 Å². The van der Waals surface area contributed by atoms with E-state index < -0.39 is 0 Å². The first kappa shape index (κ1) is 16.6. The van der Waals surface area contributed by atoms with Gasteiger partial charge in [0.15, 0.2) is 0 Å². The zero-order valence-electron chi connectivity index (χ0n) is 14.7. The minimum absolute atomic E-state index is 0.0618. The number of oxazole rings is 1. The average molecular weight is 327 g/mol. The molecule has 0 saturated heterocycles. The normalized spacial score (nSPS) is 20.8. The van der Waals surface area contributed by atoms with Gasteiger partial charge < -0.3 is 15.1 Å². The molecular weight excluding hydrogens is 302 g/mol. The van der Waals surface area contributed by atoms with E-state index in [0.29, 0.717) is 18.9 Å². The number of primary amides is 1. The van der Waals surface area contributed by atoms with Gasteiger partial charge in [0.05, 0.1) is 18.7 Å². The summed E-state index contributed by atoms with van der Waals surface area (Å²) in [5, 5.41) is 0. The molecule has 1 amide bonds. The zero-order chi connectivity index (χ0) is 17.5. The number of para-hydroxylation sites is 1. The van der Waals surface area contributed by atoms with Crippen LogP contribution in [-0.4, -0.2) is 16.9 Å². The Labute approximate surface area is 142 Å². The SMILES string of the molecule is C[C@@H]1C[C@H](C(N)=O)c2ccccc2N1Cc1ncc(C(C)(C)C)o1. The smallest absolute Gasteiger partial charge is 0.225 e. The number of carbonyl (C=O) groups is 1. The van der Waals surface area contributed by atoms with Crippen LogP contribution in [0.4, 0.5) is 5.69 Å². The molecule has 2 N–H and O–H groups in total. The van der Waals surface area contributed by atoms with Crippen molar-refractivity contribution >= 4 is 11.6 Å². The average Bonchev–Trinajstić information content (AvgIpc) is 2.98. The maximum atomic E-state index is 11.8. The highest BCUT2D eigenvalue weighted by atomic mass is 16.4. The standard InChI is InChI=1S/C19H25N3O2/c1-12-9-14(18(20)23)13-7-5-6-8-15(13)22(12)11-17-21-10-16(24-17)19(2,3)4/h5-8,10,12,14H,9,11H2,1-4H3,(H2,20,23)/t12-,14+/m1/s1. The maximum absolute atomic E-state index is 11.8. The molecule has 0 fully saturated rings. The molecule has 1 aliphatic heterocycles. The Hall–Kier alpha value is -2.30. The lowest BCUT2D eigenvalue weighted by atomic mass is 9.85. The van der Waals surface area contributed by atoms with Gasteiger partial charge >= 0.3 is 0 Å². The van der Waals surface area contributed by atoms with Crippen molar-refractivity contribution in [1.82, 2.24) is 4.98 Å². The zero-order valence-corrected chi connectivity index (χ0v) is 14.7. The fourth-order valence-electron chi connectivity index (χ4n) is 3.26. The maximum Gasteiger partial charge on any atom is 0.225 e. The molecule has 3 rings (SSSR count). The summed E-state index contributed by atoms with van der Waals surface area (Å²) < 4.78 is 5.94. The molecule has 0 spiro atoms. The Morgan fingerprint density at radius 2 is 2.08 bits per heavy atom. The number of hydrogen-bond donors (Lipinski definition) is 1. The van der Waals surface area contributed by atoms with Crippen LogP contribution in [0.3, 0.4) is 0 Å². The van der Waals surface area contributed by atoms with Crippen molar-refractivity contribution in [2.75, 3.05) is 4.90 Å². The molecule has 1 aliphatic rings. The largest absolute Gasteiger partial charge is 0.443 e. The highest BCUT2D eigenvalue weighted by Gasteiger charge is 2.33. The molecule has 0 unspecified atom stereocenters. The lowest BCUT2D eigenvalue weighted by molar-refractivity contribution is -0.119. The molecule has 2 aromatic rings. The number of aromatic nitrogens is 1. The predicted octanol–water partition coefficient (Wildman–Crippen LogP) is 3.34. The minimum atomic E-state index is -0.264. The van der Waals surface area contributed by atoms with E-state index in [1.54, 1.807) is 0 Å². The van der Waals surface area contributed by atoms with Crippen LogP contribution in [0.5, 0.6) is 0 Å². The number of nitrogens with zero attached hydrogens (tertiary/aromatic N) is 2. The fourth-order valence-corrected chi connectivity index (χ4v) is 3.26. The van der Waals surface area contributed by atoms with Gasteiger partial charge in [0.2, 0.25) is 11.8 Å². The molecule has 2 atom stereocenters. The molecule has 0 aliphatic carbocycles. The molecule has 5 nitrogen and oxygen atoms in total. The van der Waals surface area contributed by atoms with Crippen LogP contribution in [0, 0.1) is 0 Å². The molecule has 24 heavy (non-hydrogen) atoms. The van der Waals surface area contributed by atoms with E-state index in [-0.39, 0.29) is 23.3 Å². The third kappa shape index (κ3) is 3.03. The number of amides is 1. The Morgan fingerprint density at radius 1 is 1.38 bits per heavy atom. The molecule has 1 aromatic carbocycles. The van der Waals surface area contributed by atoms with Gasteiger partial charge in [0.25, 0.3) is 0 Å². The van der Waals surface area contributed by atoms with Crippen molar-refractivity contribution in [2.45, 2.75) is 58.0 Å². The van der Waals surface area contributed by atoms with Gasteiger partial charge in [-0.15, -0.1) is 0 Å². The summed E-state index contributed by atoms with van der Waals surface area (Å²) in [6.45, 7) is 9.01. The molecule has 1 aromatic heterocycles. The van der Waals surface area contributed by atoms with Crippen molar-refractivity contribution in [2.24, 2.45) is 5.73 Å². The molecule has 0 radical (unpaired) electrons. The molecule has 2 heterocycles. The van der Waals surface area contributed by atoms with Gasteiger partial charge in [-0.05, 0) is 25.0 Å². The second-order valence-electron chi connectivity index (χ2n) is 7.59. The van der Waals surface area contributed by atoms with Crippen LogP contribution in [0.25, 0.3) is 0 Å². The third-order valence-corrected chi connectivity index (χ3v) is 4.67. The summed E-state index contributed by atoms with van der Waals surface area (Å²) in [7, 11) is 0. The molecule has 128 valence electrons. The number of anilines is 1. The molecule has 5 heteroatoms. The Morgan fingerprint density at radius 3 is 2.71 bits per heavy atom. The van der Waals surface area contributed by atoms with Crippen molar-refractivity contribution in [3.8, 4) is 0 Å². The Bertz CT molecular complexity index is 745. The van der Waals surface area contributed by atoms with Gasteiger partial charge in [-0.25, -0.2) is 4.98 Å². The first-order chi connectivity index (χ1) is 11.3. The lowest BCUT2D eigenvalue weighted by Crippen LogP contribution is -2.41. The fraction of sp³-hybridized carbons (Fsp3) is 0.474. The Balaban J connectivity index is 1.92. The number of hydrogen-bond acceptors (Lipinski definition) is 4. The van der Waals surface area contributed by atoms with Crippen LogP contribution in [0.2, 0.25) is 0 Å². The van der Waals surface area contributed by atoms with Gasteiger partial charge in [0, 0.05) is 17.1 Å². The third-order valence-electron chi connectivity index (χ3n) is 4.67. The number of fused-ring (bicyclic) bond motifs is 1. The number of nitrogens with two attached hydrogens (primary N) is 1. The van der Waals surface area contributed by atoms with Crippen molar-refractivity contribution in [3.63, 3.8) is 0 Å². The first-order valence-electron chi connectivity index (χ1n) is 8.37. The van der Waals surface area contributed by atoms with Crippen LogP contribution < -0.4 is 10.6 Å². The molecule has 0 bridgehead atoms. The van der Waals surface area contributed by atoms with Gasteiger partial charge in [-0.1, -0.05) is 39.0 Å². The minimum Gasteiger partial charge on any atom is -0.443 e. The number of benzene rings is 1. The lowest BCUT2D eigenvalue weighted by Gasteiger charge is -2.39. The van der Waals surface area contributed by atoms with Crippen LogP contribution in [0.1, 0.15) is 57.2 Å². The topological polar surface area (TPSA) is 72.4 Å². The van der Waals surface area contributed by atoms with Gasteiger partial charge in [-0.3, -0.25) is 4.79 Å². The quantitative estimate of drug-likeness (QED) is 0.938. The van der Waals surface area contributed by atoms with Gasteiger partial charge in [0.1, 0.15) is 5.76 Å². The highest BCUT2D eigenvalue weighted by Crippen LogP contribution is 2.39. The molecular formula is C19H25N3O2. The van der Waals surface area contributed by atoms with E-state index in [9.17, 15) is 4.79 Å². The second kappa shape index (κ2) is 5.96. The van der Waals surface area contributed by atoms with E-state index in [1.165, 1.54) is 0 Å². The summed E-state index contributed by atoms with van der Waals surface area (Å²) in [5.41, 5.74) is 7.57. The van der Waals surface area contributed by atoms with E-state index >= 15 is 0 Å². The second-order valence-corrected chi connectivity index (χ2v) is 7.59. The summed E-state index contributed by atoms with van der Waals surface area (Å²) in [6.07, 6.45) is 2.52. The van der Waals surface area contributed by atoms with E-state index in [1.807, 2.05) is 30.5 Å². The summed E-state index contributed by atoms with van der Waals surface area (Å²) in [5.74, 6) is 1.08. The van der Waals surface area contributed by atoms with E-state index in [2.05, 4.69) is 37.6 Å². The number of rotatable bonds is 3. The first-order valence-corrected chi connectivity index (χ1v) is 8.37. The molecule has 0 saturated carbocycles. The summed E-state index contributed by atoms with van der Waals surface area (Å²) in [6, 6.07) is 8.14. The predicted molar refractivity (Wildman–Crippen MR) is 93.8 cm³/mol. The van der Waals surface area contributed by atoms with Crippen molar-refractivity contribution < 1.29 is 9.21 Å².